The van der Waals surface area contributed by atoms with Crippen molar-refractivity contribution < 1.29 is 0 Å². The van der Waals surface area contributed by atoms with Gasteiger partial charge in [0.05, 0.1) is 0 Å². The van der Waals surface area contributed by atoms with Crippen molar-refractivity contribution in [2.75, 3.05) is 6.54 Å². The lowest BCUT2D eigenvalue weighted by Crippen LogP contribution is -2.28. The third kappa shape index (κ3) is 4.37. The summed E-state index contributed by atoms with van der Waals surface area (Å²) in [6.07, 6.45) is 0. The van der Waals surface area contributed by atoms with Crippen molar-refractivity contribution >= 4 is 27.7 Å². The third-order valence-corrected chi connectivity index (χ3v) is 4.90. The maximum atomic E-state index is 3.60. The Morgan fingerprint density at radius 2 is 1.70 bits per heavy atom. The van der Waals surface area contributed by atoms with Crippen molar-refractivity contribution in [2.45, 2.75) is 30.0 Å². The van der Waals surface area contributed by atoms with Crippen molar-refractivity contribution in [2.24, 2.45) is 0 Å². The van der Waals surface area contributed by atoms with Crippen LogP contribution in [0.15, 0.2) is 64.0 Å². The third-order valence-electron chi connectivity index (χ3n) is 3.19. The number of nitrogens with one attached hydrogen (secondary N) is 1. The van der Waals surface area contributed by atoms with Crippen LogP contribution in [0.25, 0.3) is 0 Å². The second-order valence-electron chi connectivity index (χ2n) is 4.72. The van der Waals surface area contributed by atoms with E-state index in [1.54, 1.807) is 0 Å². The molecule has 1 nitrogen and oxygen atoms in total. The molecule has 0 saturated carbocycles. The molecular formula is C17H20BrNS. The van der Waals surface area contributed by atoms with E-state index < -0.39 is 0 Å². The highest BCUT2D eigenvalue weighted by Crippen LogP contribution is 2.32. The second-order valence-corrected chi connectivity index (χ2v) is 7.09. The molecule has 2 rings (SSSR count). The first-order valence-electron chi connectivity index (χ1n) is 6.91. The highest BCUT2D eigenvalue weighted by atomic mass is 79.9. The standard InChI is InChI=1S/C17H20BrNS/c1-3-19-17(14-7-5-4-6-8-14)13(2)20-16-11-9-15(18)10-12-16/h4-13,17,19H,3H2,1-2H3. The summed E-state index contributed by atoms with van der Waals surface area (Å²) in [7, 11) is 0. The van der Waals surface area contributed by atoms with E-state index in [9.17, 15) is 0 Å². The molecular weight excluding hydrogens is 330 g/mol. The Kier molecular flexibility index (Phi) is 6.14. The minimum Gasteiger partial charge on any atom is -0.309 e. The molecule has 2 unspecified atom stereocenters. The van der Waals surface area contributed by atoms with Gasteiger partial charge in [-0.25, -0.2) is 0 Å². The van der Waals surface area contributed by atoms with Crippen LogP contribution in [0, 0.1) is 0 Å². The van der Waals surface area contributed by atoms with E-state index in [1.807, 2.05) is 11.8 Å². The zero-order valence-electron chi connectivity index (χ0n) is 11.8. The maximum absolute atomic E-state index is 3.60. The molecule has 0 fully saturated rings. The molecule has 20 heavy (non-hydrogen) atoms. The van der Waals surface area contributed by atoms with Crippen LogP contribution in [0.2, 0.25) is 0 Å². The first-order valence-corrected chi connectivity index (χ1v) is 8.58. The zero-order valence-corrected chi connectivity index (χ0v) is 14.2. The van der Waals surface area contributed by atoms with E-state index in [0.717, 1.165) is 11.0 Å². The minimum absolute atomic E-state index is 0.370. The Labute approximate surface area is 134 Å². The highest BCUT2D eigenvalue weighted by molar-refractivity contribution is 9.10. The number of hydrogen-bond donors (Lipinski definition) is 1. The Bertz CT molecular complexity index is 512. The number of thioether (sulfide) groups is 1. The Morgan fingerprint density at radius 1 is 1.05 bits per heavy atom. The lowest BCUT2D eigenvalue weighted by molar-refractivity contribution is 0.548. The fourth-order valence-corrected chi connectivity index (χ4v) is 3.61. The minimum atomic E-state index is 0.370. The van der Waals surface area contributed by atoms with Crippen LogP contribution in [-0.2, 0) is 0 Å². The summed E-state index contributed by atoms with van der Waals surface area (Å²) in [5.74, 6) is 0. The van der Waals surface area contributed by atoms with E-state index in [0.29, 0.717) is 11.3 Å². The fourth-order valence-electron chi connectivity index (χ4n) is 2.23. The van der Waals surface area contributed by atoms with Gasteiger partial charge in [0.2, 0.25) is 0 Å². The first-order chi connectivity index (χ1) is 9.70. The smallest absolute Gasteiger partial charge is 0.0441 e. The summed E-state index contributed by atoms with van der Waals surface area (Å²) < 4.78 is 1.13. The molecule has 0 aliphatic rings. The molecule has 0 aromatic heterocycles. The van der Waals surface area contributed by atoms with Gasteiger partial charge in [-0.05, 0) is 36.4 Å². The maximum Gasteiger partial charge on any atom is 0.0441 e. The predicted molar refractivity (Wildman–Crippen MR) is 92.3 cm³/mol. The van der Waals surface area contributed by atoms with Crippen LogP contribution < -0.4 is 5.32 Å². The van der Waals surface area contributed by atoms with Gasteiger partial charge >= 0.3 is 0 Å². The van der Waals surface area contributed by atoms with Gasteiger partial charge in [-0.15, -0.1) is 11.8 Å². The van der Waals surface area contributed by atoms with Crippen molar-refractivity contribution in [1.82, 2.24) is 5.32 Å². The normalized spacial score (nSPS) is 13.9. The molecule has 106 valence electrons. The molecule has 0 aliphatic carbocycles. The fraction of sp³-hybridized carbons (Fsp3) is 0.294. The van der Waals surface area contributed by atoms with Gasteiger partial charge in [0, 0.05) is 20.7 Å². The van der Waals surface area contributed by atoms with Gasteiger partial charge in [-0.3, -0.25) is 0 Å². The van der Waals surface area contributed by atoms with E-state index in [-0.39, 0.29) is 0 Å². The van der Waals surface area contributed by atoms with Crippen molar-refractivity contribution in [3.8, 4) is 0 Å². The summed E-state index contributed by atoms with van der Waals surface area (Å²) in [5, 5.41) is 4.07. The Morgan fingerprint density at radius 3 is 2.30 bits per heavy atom. The monoisotopic (exact) mass is 349 g/mol. The predicted octanol–water partition coefficient (Wildman–Crippen LogP) is 5.28. The average molecular weight is 350 g/mol. The number of benzene rings is 2. The summed E-state index contributed by atoms with van der Waals surface area (Å²) >= 11 is 5.39. The molecule has 0 saturated heterocycles. The van der Waals surface area contributed by atoms with Crippen LogP contribution in [0.5, 0.6) is 0 Å². The van der Waals surface area contributed by atoms with Gasteiger partial charge < -0.3 is 5.32 Å². The molecule has 0 aliphatic heterocycles. The summed E-state index contributed by atoms with van der Waals surface area (Å²) in [6.45, 7) is 5.42. The Hall–Kier alpha value is -0.770. The highest BCUT2D eigenvalue weighted by Gasteiger charge is 2.19. The molecule has 2 aromatic rings. The molecule has 0 heterocycles. The molecule has 1 N–H and O–H groups in total. The topological polar surface area (TPSA) is 12.0 Å². The molecule has 3 heteroatoms. The molecule has 2 aromatic carbocycles. The van der Waals surface area contributed by atoms with Crippen molar-refractivity contribution in [3.63, 3.8) is 0 Å². The van der Waals surface area contributed by atoms with Crippen molar-refractivity contribution in [3.05, 3.63) is 64.6 Å². The van der Waals surface area contributed by atoms with Gasteiger partial charge in [-0.2, -0.15) is 0 Å². The second kappa shape index (κ2) is 7.87. The van der Waals surface area contributed by atoms with E-state index >= 15 is 0 Å². The van der Waals surface area contributed by atoms with Crippen molar-refractivity contribution in [1.29, 1.82) is 0 Å². The molecule has 0 amide bonds. The number of rotatable bonds is 6. The van der Waals surface area contributed by atoms with E-state index in [2.05, 4.69) is 89.7 Å². The summed E-state index contributed by atoms with van der Waals surface area (Å²) in [4.78, 5) is 1.31. The quantitative estimate of drug-likeness (QED) is 0.712. The molecule has 2 atom stereocenters. The van der Waals surface area contributed by atoms with Crippen LogP contribution in [-0.4, -0.2) is 11.8 Å². The lowest BCUT2D eigenvalue weighted by atomic mass is 10.0. The van der Waals surface area contributed by atoms with Crippen LogP contribution in [0.3, 0.4) is 0 Å². The Balaban J connectivity index is 2.11. The summed E-state index contributed by atoms with van der Waals surface area (Å²) in [5.41, 5.74) is 1.35. The lowest BCUT2D eigenvalue weighted by Gasteiger charge is -2.25. The van der Waals surface area contributed by atoms with Gasteiger partial charge in [-0.1, -0.05) is 60.1 Å². The van der Waals surface area contributed by atoms with E-state index in [4.69, 9.17) is 0 Å². The van der Waals surface area contributed by atoms with Crippen LogP contribution in [0.4, 0.5) is 0 Å². The van der Waals surface area contributed by atoms with Crippen LogP contribution >= 0.6 is 27.7 Å². The van der Waals surface area contributed by atoms with Gasteiger partial charge in [0.15, 0.2) is 0 Å². The molecule has 0 bridgehead atoms. The molecule has 0 spiro atoms. The zero-order chi connectivity index (χ0) is 14.4. The summed E-state index contributed by atoms with van der Waals surface area (Å²) in [6, 6.07) is 19.6. The van der Waals surface area contributed by atoms with Crippen LogP contribution in [0.1, 0.15) is 25.5 Å². The number of hydrogen-bond acceptors (Lipinski definition) is 2. The SMILES string of the molecule is CCNC(c1ccccc1)C(C)Sc1ccc(Br)cc1. The van der Waals surface area contributed by atoms with E-state index in [1.165, 1.54) is 10.5 Å². The molecule has 0 radical (unpaired) electrons. The van der Waals surface area contributed by atoms with Gasteiger partial charge in [0.25, 0.3) is 0 Å². The average Bonchev–Trinajstić information content (AvgIpc) is 2.48. The largest absolute Gasteiger partial charge is 0.309 e. The first kappa shape index (κ1) is 15.6. The number of halogens is 1. The van der Waals surface area contributed by atoms with Gasteiger partial charge in [0.1, 0.15) is 0 Å².